The van der Waals surface area contributed by atoms with Crippen molar-refractivity contribution >= 4 is 0 Å². The molecule has 2 aromatic rings. The van der Waals surface area contributed by atoms with Crippen LogP contribution in [0.25, 0.3) is 0 Å². The molecule has 0 saturated carbocycles. The summed E-state index contributed by atoms with van der Waals surface area (Å²) < 4.78 is 5.60. The Balaban J connectivity index is 1.88. The maximum atomic E-state index is 10.2. The molecule has 1 aliphatic carbocycles. The number of hydrogen-bond acceptors (Lipinski definition) is 6. The van der Waals surface area contributed by atoms with E-state index in [1.165, 1.54) is 5.56 Å². The minimum absolute atomic E-state index is 0.0277. The summed E-state index contributed by atoms with van der Waals surface area (Å²) in [5.41, 5.74) is 7.74. The summed E-state index contributed by atoms with van der Waals surface area (Å²) in [4.78, 5) is 2.27. The maximum Gasteiger partial charge on any atom is 0.191 e. The van der Waals surface area contributed by atoms with Crippen molar-refractivity contribution in [2.24, 2.45) is 17.1 Å². The van der Waals surface area contributed by atoms with E-state index >= 15 is 0 Å². The minimum Gasteiger partial charge on any atom is -0.496 e. The van der Waals surface area contributed by atoms with E-state index in [1.807, 2.05) is 48.5 Å². The van der Waals surface area contributed by atoms with Crippen LogP contribution in [0.3, 0.4) is 0 Å². The number of ether oxygens (including phenoxy) is 1. The van der Waals surface area contributed by atoms with E-state index in [-0.39, 0.29) is 17.2 Å². The molecular formula is C26H23N5O. The maximum absolute atomic E-state index is 10.2. The Hall–Kier alpha value is -4.05. The number of hydrogen-bond donors (Lipinski definition) is 1. The van der Waals surface area contributed by atoms with Gasteiger partial charge in [-0.15, -0.1) is 0 Å². The first-order chi connectivity index (χ1) is 15.6. The average molecular weight is 422 g/mol. The normalized spacial score (nSPS) is 22.0. The van der Waals surface area contributed by atoms with Crippen LogP contribution < -0.4 is 10.5 Å². The van der Waals surface area contributed by atoms with Crippen LogP contribution in [-0.2, 0) is 6.54 Å². The Morgan fingerprint density at radius 2 is 1.75 bits per heavy atom. The number of allylic oxidation sites excluding steroid dienone is 2. The van der Waals surface area contributed by atoms with Crippen LogP contribution in [0.15, 0.2) is 77.5 Å². The third-order valence-electron chi connectivity index (χ3n) is 6.46. The van der Waals surface area contributed by atoms with Gasteiger partial charge in [0.1, 0.15) is 11.8 Å². The van der Waals surface area contributed by atoms with Crippen molar-refractivity contribution < 1.29 is 4.74 Å². The summed E-state index contributed by atoms with van der Waals surface area (Å²) in [5.74, 6) is -0.235. The molecule has 0 radical (unpaired) electrons. The molecule has 0 fully saturated rings. The molecule has 32 heavy (non-hydrogen) atoms. The van der Waals surface area contributed by atoms with Gasteiger partial charge in [0.05, 0.1) is 30.5 Å². The number of nitrogens with two attached hydrogens (primary N) is 1. The smallest absolute Gasteiger partial charge is 0.191 e. The van der Waals surface area contributed by atoms with Crippen molar-refractivity contribution in [3.05, 3.63) is 88.6 Å². The largest absolute Gasteiger partial charge is 0.496 e. The van der Waals surface area contributed by atoms with E-state index in [2.05, 4.69) is 35.2 Å². The lowest BCUT2D eigenvalue weighted by Crippen LogP contribution is -2.47. The second-order valence-electron chi connectivity index (χ2n) is 8.10. The first kappa shape index (κ1) is 21.2. The summed E-state index contributed by atoms with van der Waals surface area (Å²) in [7, 11) is 1.57. The molecule has 2 atom stereocenters. The number of fused-ring (bicyclic) bond motifs is 1. The van der Waals surface area contributed by atoms with Crippen molar-refractivity contribution in [1.82, 2.24) is 4.90 Å². The summed E-state index contributed by atoms with van der Waals surface area (Å²) in [6.45, 7) is 1.98. The first-order valence-corrected chi connectivity index (χ1v) is 10.4. The molecule has 2 aromatic carbocycles. The van der Waals surface area contributed by atoms with Gasteiger partial charge < -0.3 is 10.5 Å². The number of rotatable bonds is 4. The van der Waals surface area contributed by atoms with E-state index in [4.69, 9.17) is 10.5 Å². The van der Waals surface area contributed by atoms with Crippen LogP contribution in [-0.4, -0.2) is 25.1 Å². The minimum atomic E-state index is -1.67. The molecule has 1 aliphatic heterocycles. The Morgan fingerprint density at radius 3 is 2.41 bits per heavy atom. The Labute approximate surface area is 188 Å². The molecule has 2 N–H and O–H groups in total. The van der Waals surface area contributed by atoms with Crippen molar-refractivity contribution in [2.45, 2.75) is 12.5 Å². The molecule has 0 bridgehead atoms. The molecule has 0 spiro atoms. The zero-order valence-corrected chi connectivity index (χ0v) is 17.8. The van der Waals surface area contributed by atoms with E-state index in [1.54, 1.807) is 7.11 Å². The van der Waals surface area contributed by atoms with Gasteiger partial charge in [-0.25, -0.2) is 0 Å². The number of nitriles is 3. The first-order valence-electron chi connectivity index (χ1n) is 10.4. The predicted octanol–water partition coefficient (Wildman–Crippen LogP) is 3.62. The van der Waals surface area contributed by atoms with E-state index < -0.39 is 11.3 Å². The second-order valence-corrected chi connectivity index (χ2v) is 8.10. The lowest BCUT2D eigenvalue weighted by atomic mass is 9.58. The summed E-state index contributed by atoms with van der Waals surface area (Å²) in [6, 6.07) is 24.1. The number of methoxy groups -OCH3 is 1. The van der Waals surface area contributed by atoms with Gasteiger partial charge >= 0.3 is 0 Å². The molecule has 6 heteroatoms. The molecule has 0 unspecified atom stereocenters. The summed E-state index contributed by atoms with van der Waals surface area (Å²) in [5, 5.41) is 30.4. The highest BCUT2D eigenvalue weighted by molar-refractivity contribution is 5.60. The van der Waals surface area contributed by atoms with Crippen LogP contribution in [0.4, 0.5) is 0 Å². The number of benzene rings is 2. The van der Waals surface area contributed by atoms with Crippen molar-refractivity contribution in [1.29, 1.82) is 15.8 Å². The summed E-state index contributed by atoms with van der Waals surface area (Å²) in [6.07, 6.45) is 2.02. The molecule has 1 heterocycles. The van der Waals surface area contributed by atoms with Gasteiger partial charge in [-0.2, -0.15) is 15.8 Å². The lowest BCUT2D eigenvalue weighted by molar-refractivity contribution is 0.199. The van der Waals surface area contributed by atoms with E-state index in [9.17, 15) is 15.8 Å². The molecule has 0 aromatic heterocycles. The van der Waals surface area contributed by atoms with Gasteiger partial charge in [0.25, 0.3) is 0 Å². The van der Waals surface area contributed by atoms with E-state index in [0.29, 0.717) is 18.8 Å². The quantitative estimate of drug-likeness (QED) is 0.807. The van der Waals surface area contributed by atoms with Crippen LogP contribution in [0.1, 0.15) is 17.0 Å². The van der Waals surface area contributed by atoms with E-state index in [0.717, 1.165) is 17.7 Å². The van der Waals surface area contributed by atoms with Crippen molar-refractivity contribution in [3.8, 4) is 24.0 Å². The lowest BCUT2D eigenvalue weighted by Gasteiger charge is -2.45. The fourth-order valence-corrected chi connectivity index (χ4v) is 4.98. The average Bonchev–Trinajstić information content (AvgIpc) is 2.84. The highest BCUT2D eigenvalue weighted by Crippen LogP contribution is 2.55. The number of nitrogens with zero attached hydrogens (tertiary/aromatic N) is 4. The zero-order valence-electron chi connectivity index (χ0n) is 17.8. The van der Waals surface area contributed by atoms with Crippen LogP contribution in [0, 0.1) is 45.3 Å². The predicted molar refractivity (Wildman–Crippen MR) is 120 cm³/mol. The fraction of sp³-hybridized carbons (Fsp3) is 0.269. The van der Waals surface area contributed by atoms with Crippen molar-refractivity contribution in [2.75, 3.05) is 20.2 Å². The molecular weight excluding hydrogens is 398 g/mol. The van der Waals surface area contributed by atoms with Crippen LogP contribution in [0.2, 0.25) is 0 Å². The van der Waals surface area contributed by atoms with Gasteiger partial charge in [0.2, 0.25) is 0 Å². The van der Waals surface area contributed by atoms with Crippen LogP contribution >= 0.6 is 0 Å². The highest BCUT2D eigenvalue weighted by atomic mass is 16.5. The van der Waals surface area contributed by atoms with Crippen LogP contribution in [0.5, 0.6) is 5.75 Å². The standard InChI is InChI=1S/C26H23N5O/c1-32-23-10-6-5-9-20(23)24-22-15-31(14-18-7-3-2-4-8-18)12-11-19(22)21(13-27)25(30)26(24,16-28)17-29/h2-11,22,24H,12,14-15,30H2,1H3/t22-,24+/m1/s1. The summed E-state index contributed by atoms with van der Waals surface area (Å²) >= 11 is 0. The topological polar surface area (TPSA) is 110 Å². The molecule has 6 nitrogen and oxygen atoms in total. The Bertz CT molecular complexity index is 1200. The van der Waals surface area contributed by atoms with Gasteiger partial charge in [-0.3, -0.25) is 4.90 Å². The molecule has 2 aliphatic rings. The Kier molecular flexibility index (Phi) is 5.69. The van der Waals surface area contributed by atoms with Gasteiger partial charge in [0.15, 0.2) is 5.41 Å². The monoisotopic (exact) mass is 421 g/mol. The van der Waals surface area contributed by atoms with Gasteiger partial charge in [-0.1, -0.05) is 54.6 Å². The fourth-order valence-electron chi connectivity index (χ4n) is 4.98. The molecule has 0 saturated heterocycles. The second kappa shape index (κ2) is 8.60. The third kappa shape index (κ3) is 3.30. The highest BCUT2D eigenvalue weighted by Gasteiger charge is 2.55. The third-order valence-corrected chi connectivity index (χ3v) is 6.46. The zero-order chi connectivity index (χ0) is 22.7. The molecule has 158 valence electrons. The molecule has 4 rings (SSSR count). The number of para-hydroxylation sites is 1. The SMILES string of the molecule is COc1ccccc1[C@H]1[C@@H]2CN(Cc3ccccc3)CC=C2C(C#N)=C(N)C1(C#N)C#N. The Morgan fingerprint density at radius 1 is 1.06 bits per heavy atom. The van der Waals surface area contributed by atoms with Gasteiger partial charge in [0, 0.05) is 37.0 Å². The van der Waals surface area contributed by atoms with Gasteiger partial charge in [-0.05, 0) is 17.2 Å². The van der Waals surface area contributed by atoms with Crippen molar-refractivity contribution in [3.63, 3.8) is 0 Å². The molecule has 0 amide bonds.